The maximum Gasteiger partial charge on any atom is 0.228 e. The number of halogens is 1. The molecule has 1 aliphatic heterocycles. The summed E-state index contributed by atoms with van der Waals surface area (Å²) in [5.74, 6) is 0.524. The predicted octanol–water partition coefficient (Wildman–Crippen LogP) is 3.82. The first-order valence-corrected chi connectivity index (χ1v) is 10.6. The molecule has 1 aliphatic rings. The highest BCUT2D eigenvalue weighted by atomic mass is 19.1. The van der Waals surface area contributed by atoms with Crippen LogP contribution in [0.4, 0.5) is 10.2 Å². The zero-order chi connectivity index (χ0) is 21.1. The van der Waals surface area contributed by atoms with Crippen LogP contribution in [-0.2, 0) is 18.3 Å². The van der Waals surface area contributed by atoms with E-state index in [1.807, 2.05) is 31.7 Å². The quantitative estimate of drug-likeness (QED) is 0.672. The van der Waals surface area contributed by atoms with Crippen LogP contribution in [0.2, 0.25) is 0 Å². The lowest BCUT2D eigenvalue weighted by Crippen LogP contribution is -2.39. The molecule has 0 radical (unpaired) electrons. The van der Waals surface area contributed by atoms with Gasteiger partial charge in [0.15, 0.2) is 0 Å². The maximum atomic E-state index is 12.7. The fourth-order valence-corrected chi connectivity index (χ4v) is 4.20. The molecule has 7 heteroatoms. The Bertz CT molecular complexity index is 1040. The monoisotopic (exact) mass is 409 g/mol. The number of aromatic nitrogens is 3. The number of pyridine rings is 1. The Hall–Kier alpha value is -2.80. The standard InChI is InChI=1S/C23H28FN5O/c1-3-16-10-18(20-13-26-28(2)15-20)11-19-12-22(25-14-21(16)19)27-23(30)17-4-7-29(8-5-17)9-6-24/h10-15,17H,3-9H2,1-2H3,(H,25,27,30). The SMILES string of the molecule is CCc1cc(-c2cnn(C)c2)cc2cc(NC(=O)C3CCN(CCF)CC3)ncc12. The van der Waals surface area contributed by atoms with Crippen LogP contribution in [0.25, 0.3) is 21.9 Å². The second-order valence-electron chi connectivity index (χ2n) is 7.98. The van der Waals surface area contributed by atoms with E-state index in [1.54, 1.807) is 4.68 Å². The Morgan fingerprint density at radius 3 is 2.67 bits per heavy atom. The van der Waals surface area contributed by atoms with E-state index in [9.17, 15) is 9.18 Å². The Morgan fingerprint density at radius 1 is 1.20 bits per heavy atom. The van der Waals surface area contributed by atoms with Crippen LogP contribution in [0.1, 0.15) is 25.3 Å². The number of nitrogens with zero attached hydrogens (tertiary/aromatic N) is 4. The zero-order valence-corrected chi connectivity index (χ0v) is 17.6. The van der Waals surface area contributed by atoms with Crippen LogP contribution in [-0.4, -0.2) is 51.9 Å². The third kappa shape index (κ3) is 4.36. The zero-order valence-electron chi connectivity index (χ0n) is 17.6. The molecule has 1 fully saturated rings. The van der Waals surface area contributed by atoms with E-state index in [0.29, 0.717) is 12.4 Å². The summed E-state index contributed by atoms with van der Waals surface area (Å²) in [6.07, 6.45) is 8.12. The molecule has 3 aromatic rings. The Kier molecular flexibility index (Phi) is 6.08. The number of piperidine rings is 1. The molecule has 1 N–H and O–H groups in total. The van der Waals surface area contributed by atoms with Crippen molar-refractivity contribution in [2.75, 3.05) is 31.6 Å². The van der Waals surface area contributed by atoms with Gasteiger partial charge in [0, 0.05) is 42.9 Å². The van der Waals surface area contributed by atoms with Gasteiger partial charge in [-0.2, -0.15) is 5.10 Å². The van der Waals surface area contributed by atoms with Gasteiger partial charge in [0.25, 0.3) is 0 Å². The maximum absolute atomic E-state index is 12.7. The number of alkyl halides is 1. The number of aryl methyl sites for hydroxylation is 2. The van der Waals surface area contributed by atoms with E-state index < -0.39 is 0 Å². The molecule has 0 atom stereocenters. The van der Waals surface area contributed by atoms with E-state index in [0.717, 1.165) is 54.3 Å². The average Bonchev–Trinajstić information content (AvgIpc) is 3.19. The molecule has 0 unspecified atom stereocenters. The van der Waals surface area contributed by atoms with Crippen LogP contribution in [0.3, 0.4) is 0 Å². The summed E-state index contributed by atoms with van der Waals surface area (Å²) >= 11 is 0. The summed E-state index contributed by atoms with van der Waals surface area (Å²) in [5, 5.41) is 9.42. The molecule has 1 amide bonds. The summed E-state index contributed by atoms with van der Waals surface area (Å²) in [6.45, 7) is 3.79. The minimum atomic E-state index is -0.335. The van der Waals surface area contributed by atoms with Gasteiger partial charge in [0.2, 0.25) is 5.91 Å². The van der Waals surface area contributed by atoms with Crippen LogP contribution < -0.4 is 5.32 Å². The van der Waals surface area contributed by atoms with Crippen LogP contribution in [0, 0.1) is 5.92 Å². The molecule has 0 saturated carbocycles. The topological polar surface area (TPSA) is 63.1 Å². The molecule has 1 saturated heterocycles. The van der Waals surface area contributed by atoms with Crippen molar-refractivity contribution in [2.45, 2.75) is 26.2 Å². The van der Waals surface area contributed by atoms with Gasteiger partial charge in [-0.3, -0.25) is 9.48 Å². The number of likely N-dealkylation sites (tertiary alicyclic amines) is 1. The number of hydrogen-bond acceptors (Lipinski definition) is 4. The van der Waals surface area contributed by atoms with Crippen molar-refractivity contribution in [1.29, 1.82) is 0 Å². The number of carbonyl (C=O) groups is 1. The van der Waals surface area contributed by atoms with Gasteiger partial charge in [-0.05, 0) is 61.0 Å². The molecule has 158 valence electrons. The van der Waals surface area contributed by atoms with Gasteiger partial charge in [-0.25, -0.2) is 9.37 Å². The summed E-state index contributed by atoms with van der Waals surface area (Å²) in [6, 6.07) is 6.26. The molecule has 1 aromatic carbocycles. The smallest absolute Gasteiger partial charge is 0.228 e. The Labute approximate surface area is 176 Å². The minimum absolute atomic E-state index is 0.000812. The summed E-state index contributed by atoms with van der Waals surface area (Å²) < 4.78 is 14.3. The number of benzene rings is 1. The summed E-state index contributed by atoms with van der Waals surface area (Å²) in [5.41, 5.74) is 3.39. The third-order valence-corrected chi connectivity index (χ3v) is 5.95. The number of hydrogen-bond donors (Lipinski definition) is 1. The highest BCUT2D eigenvalue weighted by Gasteiger charge is 2.25. The number of amides is 1. The van der Waals surface area contributed by atoms with Crippen molar-refractivity contribution in [3.05, 3.63) is 42.4 Å². The molecular weight excluding hydrogens is 381 g/mol. The van der Waals surface area contributed by atoms with Crippen molar-refractivity contribution in [3.63, 3.8) is 0 Å². The molecular formula is C23H28FN5O. The lowest BCUT2D eigenvalue weighted by atomic mass is 9.95. The van der Waals surface area contributed by atoms with Crippen molar-refractivity contribution in [3.8, 4) is 11.1 Å². The molecule has 6 nitrogen and oxygen atoms in total. The summed E-state index contributed by atoms with van der Waals surface area (Å²) in [4.78, 5) is 19.3. The number of carbonyl (C=O) groups excluding carboxylic acids is 1. The molecule has 0 aliphatic carbocycles. The van der Waals surface area contributed by atoms with E-state index in [4.69, 9.17) is 0 Å². The first kappa shape index (κ1) is 20.5. The first-order chi connectivity index (χ1) is 14.6. The second-order valence-corrected chi connectivity index (χ2v) is 7.98. The van der Waals surface area contributed by atoms with Gasteiger partial charge < -0.3 is 10.2 Å². The van der Waals surface area contributed by atoms with Gasteiger partial charge in [-0.15, -0.1) is 0 Å². The van der Waals surface area contributed by atoms with Gasteiger partial charge in [0.1, 0.15) is 12.5 Å². The highest BCUT2D eigenvalue weighted by molar-refractivity contribution is 5.96. The number of nitrogens with one attached hydrogen (secondary N) is 1. The Balaban J connectivity index is 1.54. The van der Waals surface area contributed by atoms with E-state index >= 15 is 0 Å². The number of fused-ring (bicyclic) bond motifs is 1. The van der Waals surface area contributed by atoms with Crippen LogP contribution >= 0.6 is 0 Å². The van der Waals surface area contributed by atoms with Gasteiger partial charge in [-0.1, -0.05) is 13.0 Å². The lowest BCUT2D eigenvalue weighted by molar-refractivity contribution is -0.121. The van der Waals surface area contributed by atoms with Gasteiger partial charge >= 0.3 is 0 Å². The Morgan fingerprint density at radius 2 is 2.00 bits per heavy atom. The molecule has 4 rings (SSSR count). The predicted molar refractivity (Wildman–Crippen MR) is 117 cm³/mol. The molecule has 30 heavy (non-hydrogen) atoms. The van der Waals surface area contributed by atoms with Gasteiger partial charge in [0.05, 0.1) is 6.20 Å². The molecule has 2 aromatic heterocycles. The molecule has 0 spiro atoms. The van der Waals surface area contributed by atoms with Crippen LogP contribution in [0.5, 0.6) is 0 Å². The molecule has 3 heterocycles. The largest absolute Gasteiger partial charge is 0.310 e. The minimum Gasteiger partial charge on any atom is -0.310 e. The van der Waals surface area contributed by atoms with Crippen LogP contribution in [0.15, 0.2) is 36.8 Å². The highest BCUT2D eigenvalue weighted by Crippen LogP contribution is 2.29. The van der Waals surface area contributed by atoms with Crippen molar-refractivity contribution >= 4 is 22.5 Å². The second kappa shape index (κ2) is 8.92. The van der Waals surface area contributed by atoms with Crippen molar-refractivity contribution < 1.29 is 9.18 Å². The van der Waals surface area contributed by atoms with E-state index in [1.165, 1.54) is 5.56 Å². The van der Waals surface area contributed by atoms with E-state index in [-0.39, 0.29) is 18.5 Å². The third-order valence-electron chi connectivity index (χ3n) is 5.95. The fraction of sp³-hybridized carbons (Fsp3) is 0.435. The summed E-state index contributed by atoms with van der Waals surface area (Å²) in [7, 11) is 1.91. The normalized spacial score (nSPS) is 15.6. The average molecular weight is 410 g/mol. The first-order valence-electron chi connectivity index (χ1n) is 10.6. The molecule has 0 bridgehead atoms. The number of anilines is 1. The van der Waals surface area contributed by atoms with Crippen molar-refractivity contribution in [1.82, 2.24) is 19.7 Å². The number of rotatable bonds is 6. The fourth-order valence-electron chi connectivity index (χ4n) is 4.20. The lowest BCUT2D eigenvalue weighted by Gasteiger charge is -2.30. The van der Waals surface area contributed by atoms with E-state index in [2.05, 4.69) is 39.4 Å². The van der Waals surface area contributed by atoms with Crippen molar-refractivity contribution in [2.24, 2.45) is 13.0 Å².